The monoisotopic (exact) mass is 534 g/mol. The Kier molecular flexibility index (Phi) is 10.2. The fourth-order valence-corrected chi connectivity index (χ4v) is 3.44. The Bertz CT molecular complexity index is 830. The SMILES string of the molecule is CN=C(NCC(c1c(F)cccc1F)N(C)C)N(C)Cc1cn(C)nc1C(C)C.I. The molecule has 0 fully saturated rings. The number of benzene rings is 1. The van der Waals surface area contributed by atoms with Crippen LogP contribution in [0.4, 0.5) is 8.78 Å². The molecule has 0 saturated carbocycles. The standard InChI is InChI=1S/C21H32F2N6.HI/c1-14(2)20-15(13-29(7)26-20)12-28(6)21(24-3)25-11-18(27(4)5)19-16(22)9-8-10-17(19)23;/h8-10,13-14,18H,11-12H2,1-7H3,(H,24,25);1H. The fraction of sp³-hybridized carbons (Fsp3) is 0.524. The average molecular weight is 534 g/mol. The Hall–Kier alpha value is -1.75. The van der Waals surface area contributed by atoms with E-state index in [-0.39, 0.29) is 29.5 Å². The molecule has 0 aliphatic heterocycles. The van der Waals surface area contributed by atoms with Crippen molar-refractivity contribution in [1.82, 2.24) is 24.9 Å². The van der Waals surface area contributed by atoms with Crippen LogP contribution in [0.1, 0.15) is 42.6 Å². The molecule has 2 rings (SSSR count). The van der Waals surface area contributed by atoms with Crippen LogP contribution in [-0.2, 0) is 13.6 Å². The summed E-state index contributed by atoms with van der Waals surface area (Å²) in [4.78, 5) is 8.10. The number of hydrogen-bond donors (Lipinski definition) is 1. The van der Waals surface area contributed by atoms with Crippen LogP contribution in [0.3, 0.4) is 0 Å². The van der Waals surface area contributed by atoms with Gasteiger partial charge in [-0.25, -0.2) is 8.78 Å². The second kappa shape index (κ2) is 11.6. The van der Waals surface area contributed by atoms with Crippen LogP contribution in [-0.4, -0.2) is 60.3 Å². The second-order valence-electron chi connectivity index (χ2n) is 7.77. The van der Waals surface area contributed by atoms with Gasteiger partial charge in [0.2, 0.25) is 0 Å². The molecule has 30 heavy (non-hydrogen) atoms. The molecular weight excluding hydrogens is 501 g/mol. The fourth-order valence-electron chi connectivity index (χ4n) is 3.44. The first kappa shape index (κ1) is 26.3. The molecule has 0 amide bonds. The Balaban J connectivity index is 0.00000450. The highest BCUT2D eigenvalue weighted by Crippen LogP contribution is 2.24. The van der Waals surface area contributed by atoms with Gasteiger partial charge in [-0.15, -0.1) is 24.0 Å². The summed E-state index contributed by atoms with van der Waals surface area (Å²) < 4.78 is 30.4. The number of aliphatic imine (C=N–C) groups is 1. The van der Waals surface area contributed by atoms with E-state index in [2.05, 4.69) is 29.3 Å². The molecule has 2 aromatic rings. The molecular formula is C21H33F2IN6. The normalized spacial score (nSPS) is 12.8. The lowest BCUT2D eigenvalue weighted by Gasteiger charge is -2.29. The maximum Gasteiger partial charge on any atom is 0.193 e. The second-order valence-corrected chi connectivity index (χ2v) is 7.77. The summed E-state index contributed by atoms with van der Waals surface area (Å²) in [6.45, 7) is 5.17. The zero-order valence-electron chi connectivity index (χ0n) is 18.8. The van der Waals surface area contributed by atoms with E-state index in [1.165, 1.54) is 18.2 Å². The maximum atomic E-state index is 14.3. The highest BCUT2D eigenvalue weighted by molar-refractivity contribution is 14.0. The summed E-state index contributed by atoms with van der Waals surface area (Å²) in [7, 11) is 9.14. The summed E-state index contributed by atoms with van der Waals surface area (Å²) in [6.07, 6.45) is 2.01. The van der Waals surface area contributed by atoms with Crippen molar-refractivity contribution in [3.63, 3.8) is 0 Å². The van der Waals surface area contributed by atoms with Gasteiger partial charge < -0.3 is 15.1 Å². The summed E-state index contributed by atoms with van der Waals surface area (Å²) in [5, 5.41) is 7.80. The number of aryl methyl sites for hydroxylation is 1. The van der Waals surface area contributed by atoms with E-state index < -0.39 is 17.7 Å². The van der Waals surface area contributed by atoms with Crippen molar-refractivity contribution in [3.05, 3.63) is 52.9 Å². The van der Waals surface area contributed by atoms with Crippen LogP contribution >= 0.6 is 24.0 Å². The van der Waals surface area contributed by atoms with Crippen molar-refractivity contribution in [2.24, 2.45) is 12.0 Å². The predicted molar refractivity (Wildman–Crippen MR) is 128 cm³/mol. The molecule has 168 valence electrons. The van der Waals surface area contributed by atoms with E-state index >= 15 is 0 Å². The maximum absolute atomic E-state index is 14.3. The molecule has 0 saturated heterocycles. The van der Waals surface area contributed by atoms with Gasteiger partial charge in [0, 0.05) is 51.6 Å². The van der Waals surface area contributed by atoms with Crippen molar-refractivity contribution >= 4 is 29.9 Å². The number of halogens is 3. The molecule has 0 aliphatic rings. The first-order chi connectivity index (χ1) is 13.6. The minimum absolute atomic E-state index is 0. The largest absolute Gasteiger partial charge is 0.354 e. The lowest BCUT2D eigenvalue weighted by Crippen LogP contribution is -2.42. The number of nitrogens with one attached hydrogen (secondary N) is 1. The van der Waals surface area contributed by atoms with Gasteiger partial charge in [0.1, 0.15) is 11.6 Å². The van der Waals surface area contributed by atoms with Crippen molar-refractivity contribution in [2.75, 3.05) is 34.7 Å². The lowest BCUT2D eigenvalue weighted by atomic mass is 10.0. The van der Waals surface area contributed by atoms with Crippen LogP contribution < -0.4 is 5.32 Å². The van der Waals surface area contributed by atoms with E-state index in [4.69, 9.17) is 0 Å². The molecule has 1 N–H and O–H groups in total. The van der Waals surface area contributed by atoms with Gasteiger partial charge in [-0.1, -0.05) is 19.9 Å². The Morgan fingerprint density at radius 2 is 1.80 bits per heavy atom. The van der Waals surface area contributed by atoms with E-state index in [1.54, 1.807) is 26.0 Å². The van der Waals surface area contributed by atoms with Crippen molar-refractivity contribution < 1.29 is 8.78 Å². The summed E-state index contributed by atoms with van der Waals surface area (Å²) in [6, 6.07) is 3.46. The Morgan fingerprint density at radius 1 is 1.20 bits per heavy atom. The summed E-state index contributed by atoms with van der Waals surface area (Å²) >= 11 is 0. The molecule has 0 aliphatic carbocycles. The predicted octanol–water partition coefficient (Wildman–Crippen LogP) is 3.75. The molecule has 0 radical (unpaired) electrons. The highest BCUT2D eigenvalue weighted by atomic mass is 127. The average Bonchev–Trinajstić information content (AvgIpc) is 3.00. The van der Waals surface area contributed by atoms with Crippen molar-refractivity contribution in [2.45, 2.75) is 32.4 Å². The van der Waals surface area contributed by atoms with Gasteiger partial charge in [-0.05, 0) is 32.1 Å². The van der Waals surface area contributed by atoms with Gasteiger partial charge in [-0.2, -0.15) is 5.10 Å². The summed E-state index contributed by atoms with van der Waals surface area (Å²) in [5.74, 6) is -0.138. The molecule has 1 aromatic heterocycles. The van der Waals surface area contributed by atoms with Crippen LogP contribution in [0.15, 0.2) is 29.4 Å². The molecule has 1 atom stereocenters. The first-order valence-electron chi connectivity index (χ1n) is 9.70. The number of aromatic nitrogens is 2. The number of likely N-dealkylation sites (N-methyl/N-ethyl adjacent to an activating group) is 1. The third-order valence-corrected chi connectivity index (χ3v) is 4.87. The quantitative estimate of drug-likeness (QED) is 0.334. The van der Waals surface area contributed by atoms with Gasteiger partial charge in [0.05, 0.1) is 11.7 Å². The first-order valence-corrected chi connectivity index (χ1v) is 9.70. The van der Waals surface area contributed by atoms with Gasteiger partial charge in [0.15, 0.2) is 5.96 Å². The van der Waals surface area contributed by atoms with Crippen LogP contribution in [0.25, 0.3) is 0 Å². The molecule has 9 heteroatoms. The van der Waals surface area contributed by atoms with Crippen molar-refractivity contribution in [1.29, 1.82) is 0 Å². The minimum Gasteiger partial charge on any atom is -0.354 e. The van der Waals surface area contributed by atoms with Gasteiger partial charge in [-0.3, -0.25) is 9.67 Å². The molecule has 1 aromatic carbocycles. The van der Waals surface area contributed by atoms with E-state index in [0.29, 0.717) is 25.0 Å². The third-order valence-electron chi connectivity index (χ3n) is 4.87. The Morgan fingerprint density at radius 3 is 2.30 bits per heavy atom. The van der Waals surface area contributed by atoms with Gasteiger partial charge >= 0.3 is 0 Å². The molecule has 1 unspecified atom stereocenters. The number of rotatable bonds is 7. The zero-order chi connectivity index (χ0) is 21.7. The highest BCUT2D eigenvalue weighted by Gasteiger charge is 2.23. The van der Waals surface area contributed by atoms with Gasteiger partial charge in [0.25, 0.3) is 0 Å². The third kappa shape index (κ3) is 6.37. The lowest BCUT2D eigenvalue weighted by molar-refractivity contribution is 0.280. The molecule has 0 spiro atoms. The van der Waals surface area contributed by atoms with E-state index in [9.17, 15) is 8.78 Å². The van der Waals surface area contributed by atoms with Crippen LogP contribution in [0, 0.1) is 11.6 Å². The van der Waals surface area contributed by atoms with E-state index in [0.717, 1.165) is 11.3 Å². The number of hydrogen-bond acceptors (Lipinski definition) is 3. The molecule has 6 nitrogen and oxygen atoms in total. The molecule has 0 bridgehead atoms. The number of guanidine groups is 1. The van der Waals surface area contributed by atoms with Crippen LogP contribution in [0.5, 0.6) is 0 Å². The topological polar surface area (TPSA) is 48.7 Å². The Labute approximate surface area is 195 Å². The van der Waals surface area contributed by atoms with E-state index in [1.807, 2.05) is 29.9 Å². The molecule has 1 heterocycles. The van der Waals surface area contributed by atoms with Crippen molar-refractivity contribution in [3.8, 4) is 0 Å². The smallest absolute Gasteiger partial charge is 0.193 e. The van der Waals surface area contributed by atoms with Crippen LogP contribution in [0.2, 0.25) is 0 Å². The minimum atomic E-state index is -0.550. The summed E-state index contributed by atoms with van der Waals surface area (Å²) in [5.41, 5.74) is 2.23. The number of nitrogens with zero attached hydrogens (tertiary/aromatic N) is 5. The zero-order valence-corrected chi connectivity index (χ0v) is 21.1.